The molecule has 2 aromatic heterocycles. The van der Waals surface area contributed by atoms with Gasteiger partial charge in [0.25, 0.3) is 0 Å². The molecule has 148 valence electrons. The molecule has 4 heteroatoms. The Morgan fingerprint density at radius 2 is 1.86 bits per heavy atom. The van der Waals surface area contributed by atoms with Crippen LogP contribution >= 0.6 is 0 Å². The van der Waals surface area contributed by atoms with E-state index in [4.69, 9.17) is 4.42 Å². The minimum Gasteiger partial charge on any atom is -0.460 e. The van der Waals surface area contributed by atoms with E-state index in [1.165, 1.54) is 0 Å². The lowest BCUT2D eigenvalue weighted by molar-refractivity contribution is 0.00777. The van der Waals surface area contributed by atoms with Gasteiger partial charge in [0.1, 0.15) is 11.3 Å². The highest BCUT2D eigenvalue weighted by molar-refractivity contribution is 6.03. The molecule has 1 aliphatic rings. The first-order chi connectivity index (χ1) is 13.8. The average molecular weight is 391 g/mol. The molecule has 1 fully saturated rings. The van der Waals surface area contributed by atoms with E-state index >= 15 is 0 Å². The summed E-state index contributed by atoms with van der Waals surface area (Å²) in [7, 11) is 0. The first kappa shape index (κ1) is 18.3. The fourth-order valence-corrected chi connectivity index (χ4v) is 4.66. The molecule has 0 N–H and O–H groups in total. The number of halogens is 2. The third kappa shape index (κ3) is 3.02. The normalized spacial score (nSPS) is 18.7. The van der Waals surface area contributed by atoms with Gasteiger partial charge in [-0.1, -0.05) is 18.2 Å². The lowest BCUT2D eigenvalue weighted by Crippen LogP contribution is -2.09. The standard InChI is InChI=1S/C25H23F2NO/c1-14-10-21-15(2)16(3)29-24(21)22(11-14)23-20-5-4-17(12-18(20)7-9-28-23)19-6-8-25(26,27)13-19/h4-5,7,9-12,19H,6,8,13H2,1-3H3. The number of benzene rings is 2. The lowest BCUT2D eigenvalue weighted by Gasteiger charge is -2.13. The topological polar surface area (TPSA) is 26.0 Å². The monoisotopic (exact) mass is 391 g/mol. The molecular weight excluding hydrogens is 368 g/mol. The van der Waals surface area contributed by atoms with Gasteiger partial charge >= 0.3 is 0 Å². The Morgan fingerprint density at radius 3 is 2.62 bits per heavy atom. The van der Waals surface area contributed by atoms with E-state index in [-0.39, 0.29) is 18.8 Å². The van der Waals surface area contributed by atoms with E-state index in [0.29, 0.717) is 6.42 Å². The van der Waals surface area contributed by atoms with Gasteiger partial charge in [-0.2, -0.15) is 0 Å². The van der Waals surface area contributed by atoms with Gasteiger partial charge in [-0.25, -0.2) is 8.78 Å². The number of aromatic nitrogens is 1. The van der Waals surface area contributed by atoms with E-state index < -0.39 is 5.92 Å². The summed E-state index contributed by atoms with van der Waals surface area (Å²) in [6.07, 6.45) is 2.26. The second-order valence-corrected chi connectivity index (χ2v) is 8.41. The van der Waals surface area contributed by atoms with Crippen molar-refractivity contribution in [3.8, 4) is 11.3 Å². The predicted octanol–water partition coefficient (Wildman–Crippen LogP) is 7.48. The van der Waals surface area contributed by atoms with Crippen LogP contribution in [0.5, 0.6) is 0 Å². The van der Waals surface area contributed by atoms with Gasteiger partial charge in [0.05, 0.1) is 5.69 Å². The van der Waals surface area contributed by atoms with Crippen molar-refractivity contribution >= 4 is 21.7 Å². The molecule has 1 atom stereocenters. The molecule has 0 bridgehead atoms. The second kappa shape index (κ2) is 6.38. The molecular formula is C25H23F2NO. The molecule has 0 spiro atoms. The number of alkyl halides is 2. The fraction of sp³-hybridized carbons (Fsp3) is 0.320. The van der Waals surface area contributed by atoms with Crippen molar-refractivity contribution in [2.75, 3.05) is 0 Å². The summed E-state index contributed by atoms with van der Waals surface area (Å²) in [6.45, 7) is 6.13. The number of nitrogens with zero attached hydrogens (tertiary/aromatic N) is 1. The van der Waals surface area contributed by atoms with Crippen molar-refractivity contribution in [1.29, 1.82) is 0 Å². The number of pyridine rings is 1. The van der Waals surface area contributed by atoms with Crippen molar-refractivity contribution in [3.63, 3.8) is 0 Å². The molecule has 4 aromatic rings. The lowest BCUT2D eigenvalue weighted by atomic mass is 9.93. The highest BCUT2D eigenvalue weighted by atomic mass is 19.3. The summed E-state index contributed by atoms with van der Waals surface area (Å²) in [5.74, 6) is -1.70. The maximum atomic E-state index is 13.7. The summed E-state index contributed by atoms with van der Waals surface area (Å²) in [4.78, 5) is 4.68. The molecule has 0 amide bonds. The van der Waals surface area contributed by atoms with Crippen LogP contribution in [0.15, 0.2) is 47.0 Å². The van der Waals surface area contributed by atoms with Crippen molar-refractivity contribution in [2.45, 2.75) is 51.9 Å². The first-order valence-electron chi connectivity index (χ1n) is 10.1. The van der Waals surface area contributed by atoms with Crippen LogP contribution in [0.2, 0.25) is 0 Å². The number of fused-ring (bicyclic) bond motifs is 2. The highest BCUT2D eigenvalue weighted by Crippen LogP contribution is 2.45. The quantitative estimate of drug-likeness (QED) is 0.354. The molecule has 2 heterocycles. The van der Waals surface area contributed by atoms with Crippen LogP contribution in [-0.2, 0) is 0 Å². The molecule has 0 saturated heterocycles. The smallest absolute Gasteiger partial charge is 0.248 e. The number of hydrogen-bond acceptors (Lipinski definition) is 2. The number of rotatable bonds is 2. The zero-order valence-corrected chi connectivity index (χ0v) is 16.9. The SMILES string of the molecule is Cc1cc(-c2nccc3cc(C4CCC(F)(F)C4)ccc23)c2oc(C)c(C)c2c1. The summed E-state index contributed by atoms with van der Waals surface area (Å²) in [5, 5.41) is 3.15. The minimum absolute atomic E-state index is 0.0181. The largest absolute Gasteiger partial charge is 0.460 e. The second-order valence-electron chi connectivity index (χ2n) is 8.41. The van der Waals surface area contributed by atoms with Gasteiger partial charge in [0, 0.05) is 35.4 Å². The van der Waals surface area contributed by atoms with Crippen LogP contribution in [0.25, 0.3) is 33.0 Å². The molecule has 5 rings (SSSR count). The number of furan rings is 1. The van der Waals surface area contributed by atoms with Gasteiger partial charge in [-0.05, 0) is 73.4 Å². The third-order valence-electron chi connectivity index (χ3n) is 6.34. The molecule has 0 radical (unpaired) electrons. The molecule has 2 aromatic carbocycles. The van der Waals surface area contributed by atoms with E-state index in [1.54, 1.807) is 6.20 Å². The van der Waals surface area contributed by atoms with Crippen LogP contribution in [0.4, 0.5) is 8.78 Å². The molecule has 1 aliphatic carbocycles. The van der Waals surface area contributed by atoms with Crippen LogP contribution in [0.3, 0.4) is 0 Å². The van der Waals surface area contributed by atoms with E-state index in [2.05, 4.69) is 37.0 Å². The maximum absolute atomic E-state index is 13.7. The van der Waals surface area contributed by atoms with Gasteiger partial charge < -0.3 is 4.42 Å². The Balaban J connectivity index is 1.67. The van der Waals surface area contributed by atoms with Gasteiger partial charge in [-0.15, -0.1) is 0 Å². The Labute approximate surface area is 168 Å². The average Bonchev–Trinajstić information content (AvgIpc) is 3.20. The Bertz CT molecular complexity index is 1250. The van der Waals surface area contributed by atoms with Gasteiger partial charge in [-0.3, -0.25) is 4.98 Å². The zero-order chi connectivity index (χ0) is 20.3. The highest BCUT2D eigenvalue weighted by Gasteiger charge is 2.39. The number of hydrogen-bond donors (Lipinski definition) is 0. The molecule has 29 heavy (non-hydrogen) atoms. The molecule has 1 unspecified atom stereocenters. The summed E-state index contributed by atoms with van der Waals surface area (Å²) >= 11 is 0. The van der Waals surface area contributed by atoms with Crippen molar-refractivity contribution in [1.82, 2.24) is 4.98 Å². The van der Waals surface area contributed by atoms with E-state index in [1.807, 2.05) is 25.1 Å². The number of aryl methyl sites for hydroxylation is 3. The molecule has 0 aliphatic heterocycles. The fourth-order valence-electron chi connectivity index (χ4n) is 4.66. The summed E-state index contributed by atoms with van der Waals surface area (Å²) in [5.41, 5.74) is 5.99. The Hall–Kier alpha value is -2.75. The zero-order valence-electron chi connectivity index (χ0n) is 16.9. The predicted molar refractivity (Wildman–Crippen MR) is 113 cm³/mol. The van der Waals surface area contributed by atoms with E-state index in [0.717, 1.165) is 55.4 Å². The van der Waals surface area contributed by atoms with E-state index in [9.17, 15) is 8.78 Å². The van der Waals surface area contributed by atoms with Crippen molar-refractivity contribution < 1.29 is 13.2 Å². The molecule has 1 saturated carbocycles. The van der Waals surface area contributed by atoms with Crippen LogP contribution < -0.4 is 0 Å². The van der Waals surface area contributed by atoms with Crippen LogP contribution in [-0.4, -0.2) is 10.9 Å². The maximum Gasteiger partial charge on any atom is 0.248 e. The van der Waals surface area contributed by atoms with Gasteiger partial charge in [0.2, 0.25) is 5.92 Å². The van der Waals surface area contributed by atoms with Crippen LogP contribution in [0.1, 0.15) is 47.6 Å². The van der Waals surface area contributed by atoms with Crippen molar-refractivity contribution in [2.24, 2.45) is 0 Å². The molecule has 2 nitrogen and oxygen atoms in total. The Morgan fingerprint density at radius 1 is 1.03 bits per heavy atom. The van der Waals surface area contributed by atoms with Crippen molar-refractivity contribution in [3.05, 3.63) is 65.0 Å². The summed E-state index contributed by atoms with van der Waals surface area (Å²) in [6, 6.07) is 12.3. The van der Waals surface area contributed by atoms with Gasteiger partial charge in [0.15, 0.2) is 0 Å². The minimum atomic E-state index is -2.54. The first-order valence-corrected chi connectivity index (χ1v) is 10.1. The summed E-state index contributed by atoms with van der Waals surface area (Å²) < 4.78 is 33.5. The Kier molecular flexibility index (Phi) is 4.02. The van der Waals surface area contributed by atoms with Crippen LogP contribution in [0, 0.1) is 20.8 Å². The third-order valence-corrected chi connectivity index (χ3v) is 6.34.